The largest absolute Gasteiger partial charge is 0.371 e. The van der Waals surface area contributed by atoms with E-state index in [4.69, 9.17) is 10.5 Å². The number of anilines is 1. The molecule has 5 heterocycles. The summed E-state index contributed by atoms with van der Waals surface area (Å²) in [7, 11) is 5.73. The molecule has 2 saturated heterocycles. The molecule has 1 aliphatic carbocycles. The number of pyridine rings is 1. The highest BCUT2D eigenvalue weighted by Gasteiger charge is 2.43. The summed E-state index contributed by atoms with van der Waals surface area (Å²) in [5.41, 5.74) is 13.8. The monoisotopic (exact) mass is 999 g/mol. The SMILES string of the molecule is COC1(C(N)=O)CC=C(C(=O)c2nc3cc(N4CCC(N(C)C)CC4)ccc3[nH]2)C=C1c1ccccc1.Cc1ncc2ccccc2c1-c1cc(C(=O)c2nc3cc(C(=O)N4CCNCC4)ccc3[nH]2)ccc1C#N. The molecule has 0 radical (unpaired) electrons. The lowest BCUT2D eigenvalue weighted by Gasteiger charge is -2.36. The van der Waals surface area contributed by atoms with Gasteiger partial charge in [-0.05, 0) is 105 Å². The number of imidazole rings is 2. The van der Waals surface area contributed by atoms with Gasteiger partial charge in [-0.15, -0.1) is 0 Å². The van der Waals surface area contributed by atoms with E-state index in [-0.39, 0.29) is 35.5 Å². The van der Waals surface area contributed by atoms with Crippen LogP contribution in [-0.2, 0) is 9.53 Å². The van der Waals surface area contributed by atoms with Gasteiger partial charge in [-0.25, -0.2) is 9.97 Å². The van der Waals surface area contributed by atoms with E-state index >= 15 is 0 Å². The number of primary amides is 1. The molecule has 3 aromatic heterocycles. The lowest BCUT2D eigenvalue weighted by Crippen LogP contribution is -2.47. The number of hydrogen-bond acceptors (Lipinski definition) is 12. The molecule has 16 heteroatoms. The van der Waals surface area contributed by atoms with E-state index < -0.39 is 11.5 Å². The number of amides is 2. The fraction of sp³-hybridized carbons (Fsp3) is 0.254. The van der Waals surface area contributed by atoms with E-state index in [1.54, 1.807) is 48.6 Å². The van der Waals surface area contributed by atoms with E-state index in [1.807, 2.05) is 84.8 Å². The van der Waals surface area contributed by atoms with E-state index in [2.05, 4.69) is 66.3 Å². The van der Waals surface area contributed by atoms with Gasteiger partial charge >= 0.3 is 0 Å². The van der Waals surface area contributed by atoms with Crippen LogP contribution in [0.1, 0.15) is 73.2 Å². The number of fused-ring (bicyclic) bond motifs is 3. The van der Waals surface area contributed by atoms with Gasteiger partial charge in [0.15, 0.2) is 17.2 Å². The number of piperazine rings is 1. The number of H-pyrrole nitrogens is 2. The zero-order valence-corrected chi connectivity index (χ0v) is 42.3. The molecule has 5 aromatic carbocycles. The summed E-state index contributed by atoms with van der Waals surface area (Å²) in [6.07, 6.45) is 7.61. The Hall–Kier alpha value is -8.62. The first-order chi connectivity index (χ1) is 36.3. The molecule has 16 nitrogen and oxygen atoms in total. The number of carbonyl (C=O) groups excluding carboxylic acids is 4. The molecule has 2 amide bonds. The molecule has 2 aliphatic heterocycles. The van der Waals surface area contributed by atoms with Crippen molar-refractivity contribution in [1.82, 2.24) is 40.0 Å². The number of nitrogens with two attached hydrogens (primary N) is 1. The predicted octanol–water partition coefficient (Wildman–Crippen LogP) is 7.79. The minimum Gasteiger partial charge on any atom is -0.371 e. The average molecular weight is 1000 g/mol. The van der Waals surface area contributed by atoms with Crippen LogP contribution in [0.2, 0.25) is 0 Å². The van der Waals surface area contributed by atoms with Crippen molar-refractivity contribution in [2.75, 3.05) is 65.4 Å². The molecule has 1 unspecified atom stereocenters. The maximum absolute atomic E-state index is 13.5. The summed E-state index contributed by atoms with van der Waals surface area (Å²) >= 11 is 0. The molecule has 0 bridgehead atoms. The molecule has 2 fully saturated rings. The fourth-order valence-corrected chi connectivity index (χ4v) is 10.4. The molecule has 3 aliphatic rings. The second-order valence-corrected chi connectivity index (χ2v) is 19.3. The van der Waals surface area contributed by atoms with Gasteiger partial charge in [0.05, 0.1) is 33.7 Å². The van der Waals surface area contributed by atoms with Crippen LogP contribution in [0.3, 0.4) is 0 Å². The van der Waals surface area contributed by atoms with Crippen molar-refractivity contribution < 1.29 is 23.9 Å². The van der Waals surface area contributed by atoms with Crippen LogP contribution in [-0.4, -0.2) is 130 Å². The Morgan fingerprint density at radius 1 is 0.800 bits per heavy atom. The quantitative estimate of drug-likeness (QED) is 0.0913. The number of piperidine rings is 1. The number of allylic oxidation sites excluding steroid dienone is 2. The number of nitrogens with one attached hydrogen (secondary N) is 3. The number of aryl methyl sites for hydroxylation is 1. The molecular weight excluding hydrogens is 943 g/mol. The van der Waals surface area contributed by atoms with Gasteiger partial charge in [-0.2, -0.15) is 5.26 Å². The Bertz CT molecular complexity index is 3630. The minimum atomic E-state index is -1.34. The van der Waals surface area contributed by atoms with E-state index in [0.717, 1.165) is 83.3 Å². The second kappa shape index (κ2) is 21.1. The topological polar surface area (TPSA) is 219 Å². The third kappa shape index (κ3) is 9.84. The number of benzene rings is 5. The van der Waals surface area contributed by atoms with Gasteiger partial charge in [-0.1, -0.05) is 60.7 Å². The van der Waals surface area contributed by atoms with Crippen molar-refractivity contribution in [2.24, 2.45) is 5.73 Å². The van der Waals surface area contributed by atoms with Gasteiger partial charge in [0.1, 0.15) is 0 Å². The van der Waals surface area contributed by atoms with Crippen LogP contribution in [0.15, 0.2) is 133 Å². The van der Waals surface area contributed by atoms with Gasteiger partial charge < -0.3 is 40.5 Å². The standard InChI is InChI=1S/C30H24N6O2.C29H33N5O3/c1-18-27(23-5-3-2-4-22(23)17-33-18)24-14-19(6-7-21(24)16-31)28(37)29-34-25-9-8-20(15-26(25)35-29)30(38)36-12-10-32-11-13-36;1-33(2)21-12-15-34(16-13-21)22-9-10-24-25(18-22)32-27(31-24)26(35)20-11-14-29(37-3,28(30)36)23(17-20)19-7-5-4-6-8-19/h2-9,14-15,17,32H,10-13H2,1H3,(H,34,35);4-11,17-18,21H,12-16H2,1-3H3,(H2,30,36)(H,31,32). The number of methoxy groups -OCH3 is 1. The third-order valence-electron chi connectivity index (χ3n) is 14.7. The summed E-state index contributed by atoms with van der Waals surface area (Å²) in [4.78, 5) is 78.9. The van der Waals surface area contributed by atoms with Gasteiger partial charge in [-0.3, -0.25) is 24.2 Å². The van der Waals surface area contributed by atoms with Gasteiger partial charge in [0.25, 0.3) is 11.8 Å². The van der Waals surface area contributed by atoms with Crippen molar-refractivity contribution in [2.45, 2.75) is 37.8 Å². The smallest absolute Gasteiger partial charge is 0.254 e. The number of ketones is 2. The molecule has 0 saturated carbocycles. The van der Waals surface area contributed by atoms with Crippen molar-refractivity contribution >= 4 is 67.5 Å². The molecule has 378 valence electrons. The summed E-state index contributed by atoms with van der Waals surface area (Å²) in [5.74, 6) is -0.744. The number of aromatic amines is 2. The Morgan fingerprint density at radius 2 is 1.47 bits per heavy atom. The maximum atomic E-state index is 13.5. The van der Waals surface area contributed by atoms with E-state index in [1.165, 1.54) is 7.11 Å². The highest BCUT2D eigenvalue weighted by atomic mass is 16.5. The number of hydrogen-bond donors (Lipinski definition) is 4. The highest BCUT2D eigenvalue weighted by molar-refractivity contribution is 6.13. The molecule has 0 spiro atoms. The number of rotatable bonds is 11. The van der Waals surface area contributed by atoms with Crippen LogP contribution in [0.25, 0.3) is 49.5 Å². The number of nitriles is 1. The normalized spacial score (nSPS) is 17.1. The third-order valence-corrected chi connectivity index (χ3v) is 14.7. The van der Waals surface area contributed by atoms with Crippen LogP contribution < -0.4 is 16.0 Å². The average Bonchev–Trinajstić information content (AvgIpc) is 4.09. The van der Waals surface area contributed by atoms with Gasteiger partial charge in [0.2, 0.25) is 11.6 Å². The number of carbonyl (C=O) groups is 4. The first kappa shape index (κ1) is 49.9. The molecule has 75 heavy (non-hydrogen) atoms. The lowest BCUT2D eigenvalue weighted by atomic mass is 9.79. The predicted molar refractivity (Wildman–Crippen MR) is 290 cm³/mol. The first-order valence-corrected chi connectivity index (χ1v) is 25.1. The molecule has 1 atom stereocenters. The summed E-state index contributed by atoms with van der Waals surface area (Å²) in [6, 6.07) is 36.5. The molecule has 8 aromatic rings. The first-order valence-electron chi connectivity index (χ1n) is 25.1. The number of nitrogens with zero attached hydrogens (tertiary/aromatic N) is 7. The number of ether oxygens (including phenoxy) is 1. The van der Waals surface area contributed by atoms with E-state index in [0.29, 0.717) is 63.6 Å². The Balaban J connectivity index is 0.000000171. The summed E-state index contributed by atoms with van der Waals surface area (Å²) in [5, 5.41) is 15.0. The van der Waals surface area contributed by atoms with Crippen molar-refractivity contribution in [1.29, 1.82) is 5.26 Å². The zero-order valence-electron chi connectivity index (χ0n) is 42.3. The van der Waals surface area contributed by atoms with Crippen molar-refractivity contribution in [3.63, 3.8) is 0 Å². The summed E-state index contributed by atoms with van der Waals surface area (Å²) in [6.45, 7) is 6.75. The molecule has 11 rings (SSSR count). The van der Waals surface area contributed by atoms with Crippen molar-refractivity contribution in [3.05, 3.63) is 173 Å². The number of Topliss-reactive ketones (excluding diaryl/α,β-unsaturated/α-hetero) is 1. The summed E-state index contributed by atoms with van der Waals surface area (Å²) < 4.78 is 5.65. The van der Waals surface area contributed by atoms with Crippen LogP contribution in [0, 0.1) is 18.3 Å². The van der Waals surface area contributed by atoms with Crippen LogP contribution in [0.4, 0.5) is 5.69 Å². The van der Waals surface area contributed by atoms with Crippen LogP contribution >= 0.6 is 0 Å². The fourth-order valence-electron chi connectivity index (χ4n) is 10.4. The highest BCUT2D eigenvalue weighted by Crippen LogP contribution is 2.39. The second-order valence-electron chi connectivity index (χ2n) is 19.3. The maximum Gasteiger partial charge on any atom is 0.254 e. The Morgan fingerprint density at radius 3 is 2.16 bits per heavy atom. The lowest BCUT2D eigenvalue weighted by molar-refractivity contribution is -0.133. The van der Waals surface area contributed by atoms with E-state index in [9.17, 15) is 24.4 Å². The Kier molecular flexibility index (Phi) is 14.0. The Labute approximate surface area is 433 Å². The van der Waals surface area contributed by atoms with Crippen molar-refractivity contribution in [3.8, 4) is 17.2 Å². The van der Waals surface area contributed by atoms with Crippen LogP contribution in [0.5, 0.6) is 0 Å². The number of aromatic nitrogens is 5. The van der Waals surface area contributed by atoms with Gasteiger partial charge in [0, 0.05) is 115 Å². The molecular formula is C59H57N11O5. The minimum absolute atomic E-state index is 0.0416. The zero-order chi connectivity index (χ0) is 52.4. The molecule has 5 N–H and O–H groups in total.